The van der Waals surface area contributed by atoms with Crippen molar-refractivity contribution in [2.45, 2.75) is 45.2 Å². The van der Waals surface area contributed by atoms with E-state index in [0.717, 1.165) is 12.1 Å². The van der Waals surface area contributed by atoms with Gasteiger partial charge in [-0.05, 0) is 44.6 Å². The van der Waals surface area contributed by atoms with Gasteiger partial charge in [-0.1, -0.05) is 31.9 Å². The zero-order chi connectivity index (χ0) is 13.5. The van der Waals surface area contributed by atoms with Crippen LogP contribution in [0.3, 0.4) is 0 Å². The molecule has 0 spiro atoms. The van der Waals surface area contributed by atoms with Crippen LogP contribution in [-0.4, -0.2) is 24.5 Å². The Morgan fingerprint density at radius 3 is 2.39 bits per heavy atom. The minimum absolute atomic E-state index is 0.0720. The molecule has 0 aliphatic heterocycles. The molecule has 0 bridgehead atoms. The Hall–Kier alpha value is -0.930. The summed E-state index contributed by atoms with van der Waals surface area (Å²) in [6.07, 6.45) is 3.68. The third-order valence-electron chi connectivity index (χ3n) is 3.58. The third kappa shape index (κ3) is 4.39. The predicted molar refractivity (Wildman–Crippen MR) is 74.9 cm³/mol. The number of hydrogen-bond donors (Lipinski definition) is 1. The fraction of sp³-hybridized carbons (Fsp3) is 0.600. The first kappa shape index (κ1) is 15.1. The van der Waals surface area contributed by atoms with Gasteiger partial charge in [0.1, 0.15) is 5.82 Å². The second-order valence-corrected chi connectivity index (χ2v) is 5.01. The Kier molecular flexibility index (Phi) is 6.30. The minimum atomic E-state index is -0.213. The molecule has 0 radical (unpaired) electrons. The van der Waals surface area contributed by atoms with Crippen molar-refractivity contribution in [3.8, 4) is 0 Å². The van der Waals surface area contributed by atoms with Gasteiger partial charge < -0.3 is 10.6 Å². The summed E-state index contributed by atoms with van der Waals surface area (Å²) in [5.74, 6) is -0.213. The molecule has 102 valence electrons. The number of rotatable bonds is 7. The van der Waals surface area contributed by atoms with Crippen molar-refractivity contribution in [3.05, 3.63) is 35.6 Å². The minimum Gasteiger partial charge on any atom is -0.323 e. The number of nitrogens with zero attached hydrogens (tertiary/aromatic N) is 1. The topological polar surface area (TPSA) is 29.3 Å². The van der Waals surface area contributed by atoms with E-state index in [9.17, 15) is 4.39 Å². The molecule has 2 N–H and O–H groups in total. The van der Waals surface area contributed by atoms with Crippen LogP contribution in [0, 0.1) is 5.82 Å². The zero-order valence-corrected chi connectivity index (χ0v) is 11.7. The Balaban J connectivity index is 2.54. The molecule has 0 fully saturated rings. The van der Waals surface area contributed by atoms with E-state index in [1.165, 1.54) is 31.4 Å². The van der Waals surface area contributed by atoms with Crippen LogP contribution >= 0.6 is 0 Å². The maximum Gasteiger partial charge on any atom is 0.123 e. The average molecular weight is 252 g/mol. The van der Waals surface area contributed by atoms with Crippen molar-refractivity contribution in [3.63, 3.8) is 0 Å². The van der Waals surface area contributed by atoms with E-state index in [1.807, 2.05) is 0 Å². The lowest BCUT2D eigenvalue weighted by molar-refractivity contribution is 0.223. The van der Waals surface area contributed by atoms with Gasteiger partial charge in [0.25, 0.3) is 0 Å². The van der Waals surface area contributed by atoms with E-state index in [1.54, 1.807) is 12.1 Å². The monoisotopic (exact) mass is 252 g/mol. The standard InChI is InChI=1S/C15H25FN2/c1-4-5-6-11-18(3)12(2)15(17)13-7-9-14(16)10-8-13/h7-10,12,15H,4-6,11,17H2,1-3H3. The van der Waals surface area contributed by atoms with Gasteiger partial charge in [-0.15, -0.1) is 0 Å². The summed E-state index contributed by atoms with van der Waals surface area (Å²) in [5.41, 5.74) is 7.22. The van der Waals surface area contributed by atoms with E-state index >= 15 is 0 Å². The van der Waals surface area contributed by atoms with Gasteiger partial charge >= 0.3 is 0 Å². The zero-order valence-electron chi connectivity index (χ0n) is 11.7. The van der Waals surface area contributed by atoms with Crippen molar-refractivity contribution in [1.82, 2.24) is 4.90 Å². The van der Waals surface area contributed by atoms with Crippen molar-refractivity contribution >= 4 is 0 Å². The summed E-state index contributed by atoms with van der Waals surface area (Å²) in [5, 5.41) is 0. The molecular formula is C15H25FN2. The fourth-order valence-corrected chi connectivity index (χ4v) is 2.05. The quantitative estimate of drug-likeness (QED) is 0.754. The largest absolute Gasteiger partial charge is 0.323 e. The van der Waals surface area contributed by atoms with Gasteiger partial charge in [0.15, 0.2) is 0 Å². The highest BCUT2D eigenvalue weighted by atomic mass is 19.1. The Morgan fingerprint density at radius 1 is 1.22 bits per heavy atom. The number of unbranched alkanes of at least 4 members (excludes halogenated alkanes) is 2. The first-order chi connectivity index (χ1) is 8.56. The van der Waals surface area contributed by atoms with Crippen molar-refractivity contribution in [2.24, 2.45) is 5.73 Å². The van der Waals surface area contributed by atoms with Crippen LogP contribution in [0.1, 0.15) is 44.7 Å². The molecule has 1 rings (SSSR count). The Bertz CT molecular complexity index is 337. The van der Waals surface area contributed by atoms with Crippen LogP contribution in [0.5, 0.6) is 0 Å². The molecular weight excluding hydrogens is 227 g/mol. The van der Waals surface area contributed by atoms with E-state index < -0.39 is 0 Å². The number of halogens is 1. The van der Waals surface area contributed by atoms with Crippen LogP contribution in [0.2, 0.25) is 0 Å². The van der Waals surface area contributed by atoms with Crippen LogP contribution < -0.4 is 5.73 Å². The van der Waals surface area contributed by atoms with Gasteiger partial charge in [0, 0.05) is 12.1 Å². The van der Waals surface area contributed by atoms with Gasteiger partial charge in [0.2, 0.25) is 0 Å². The maximum atomic E-state index is 12.9. The highest BCUT2D eigenvalue weighted by Crippen LogP contribution is 2.18. The molecule has 3 heteroatoms. The average Bonchev–Trinajstić information content (AvgIpc) is 2.38. The molecule has 0 aliphatic carbocycles. The molecule has 0 saturated carbocycles. The van der Waals surface area contributed by atoms with Crippen molar-refractivity contribution in [2.75, 3.05) is 13.6 Å². The van der Waals surface area contributed by atoms with Gasteiger partial charge in [-0.2, -0.15) is 0 Å². The number of hydrogen-bond acceptors (Lipinski definition) is 2. The normalized spacial score (nSPS) is 14.8. The maximum absolute atomic E-state index is 12.9. The van der Waals surface area contributed by atoms with Crippen LogP contribution in [0.15, 0.2) is 24.3 Å². The lowest BCUT2D eigenvalue weighted by Crippen LogP contribution is -2.38. The fourth-order valence-electron chi connectivity index (χ4n) is 2.05. The van der Waals surface area contributed by atoms with Crippen LogP contribution in [0.4, 0.5) is 4.39 Å². The lowest BCUT2D eigenvalue weighted by atomic mass is 10.0. The summed E-state index contributed by atoms with van der Waals surface area (Å²) in [6.45, 7) is 5.39. The molecule has 18 heavy (non-hydrogen) atoms. The molecule has 0 heterocycles. The summed E-state index contributed by atoms with van der Waals surface area (Å²) >= 11 is 0. The molecule has 1 aromatic rings. The third-order valence-corrected chi connectivity index (χ3v) is 3.58. The van der Waals surface area contributed by atoms with Crippen molar-refractivity contribution < 1.29 is 4.39 Å². The molecule has 2 unspecified atom stereocenters. The highest BCUT2D eigenvalue weighted by Gasteiger charge is 2.18. The summed E-state index contributed by atoms with van der Waals surface area (Å²) < 4.78 is 12.9. The van der Waals surface area contributed by atoms with Gasteiger partial charge in [-0.3, -0.25) is 0 Å². The molecule has 0 amide bonds. The molecule has 0 saturated heterocycles. The summed E-state index contributed by atoms with van der Waals surface area (Å²) in [6, 6.07) is 6.68. The van der Waals surface area contributed by atoms with E-state index in [-0.39, 0.29) is 17.9 Å². The summed E-state index contributed by atoms with van der Waals surface area (Å²) in [7, 11) is 2.10. The number of benzene rings is 1. The lowest BCUT2D eigenvalue weighted by Gasteiger charge is -2.30. The molecule has 0 aliphatic rings. The Morgan fingerprint density at radius 2 is 1.83 bits per heavy atom. The molecule has 2 nitrogen and oxygen atoms in total. The van der Waals surface area contributed by atoms with E-state index in [2.05, 4.69) is 25.8 Å². The first-order valence-corrected chi connectivity index (χ1v) is 6.77. The van der Waals surface area contributed by atoms with Crippen molar-refractivity contribution in [1.29, 1.82) is 0 Å². The van der Waals surface area contributed by atoms with Gasteiger partial charge in [0.05, 0.1) is 0 Å². The van der Waals surface area contributed by atoms with Crippen LogP contribution in [-0.2, 0) is 0 Å². The Labute approximate surface area is 110 Å². The molecule has 1 aromatic carbocycles. The highest BCUT2D eigenvalue weighted by molar-refractivity contribution is 5.20. The summed E-state index contributed by atoms with van der Waals surface area (Å²) in [4.78, 5) is 2.28. The van der Waals surface area contributed by atoms with Crippen LogP contribution in [0.25, 0.3) is 0 Å². The first-order valence-electron chi connectivity index (χ1n) is 6.77. The van der Waals surface area contributed by atoms with Gasteiger partial charge in [-0.25, -0.2) is 4.39 Å². The molecule has 0 aromatic heterocycles. The number of nitrogens with two attached hydrogens (primary N) is 1. The number of likely N-dealkylation sites (N-methyl/N-ethyl adjacent to an activating group) is 1. The molecule has 2 atom stereocenters. The SMILES string of the molecule is CCCCCN(C)C(C)C(N)c1ccc(F)cc1. The van der Waals surface area contributed by atoms with E-state index in [0.29, 0.717) is 0 Å². The second kappa shape index (κ2) is 7.49. The second-order valence-electron chi connectivity index (χ2n) is 5.01. The van der Waals surface area contributed by atoms with E-state index in [4.69, 9.17) is 5.73 Å². The smallest absolute Gasteiger partial charge is 0.123 e. The predicted octanol–water partition coefficient (Wildman–Crippen LogP) is 3.34.